The van der Waals surface area contributed by atoms with E-state index in [2.05, 4.69) is 0 Å². The predicted molar refractivity (Wildman–Crippen MR) is 45.0 cm³/mol. The molecular formula is C10H12O2. The summed E-state index contributed by atoms with van der Waals surface area (Å²) in [6, 6.07) is 1.75. The Morgan fingerprint density at radius 2 is 2.17 bits per heavy atom. The van der Waals surface area contributed by atoms with Crippen molar-refractivity contribution in [1.82, 2.24) is 0 Å². The molecule has 64 valence electrons. The highest BCUT2D eigenvalue weighted by Crippen LogP contribution is 2.27. The van der Waals surface area contributed by atoms with Gasteiger partial charge in [0.25, 0.3) is 0 Å². The Bertz CT molecular complexity index is 255. The van der Waals surface area contributed by atoms with Crippen molar-refractivity contribution >= 4 is 5.78 Å². The van der Waals surface area contributed by atoms with E-state index in [9.17, 15) is 4.79 Å². The Balaban J connectivity index is 2.09. The third-order valence-corrected chi connectivity index (χ3v) is 2.53. The second kappa shape index (κ2) is 3.13. The zero-order valence-electron chi connectivity index (χ0n) is 6.95. The molecule has 1 aliphatic rings. The minimum atomic E-state index is 0.265. The maximum atomic E-state index is 11.6. The summed E-state index contributed by atoms with van der Waals surface area (Å²) in [6.45, 7) is 0. The van der Waals surface area contributed by atoms with Gasteiger partial charge in [0.2, 0.25) is 0 Å². The molecule has 0 bridgehead atoms. The predicted octanol–water partition coefficient (Wildman–Crippen LogP) is 2.65. The van der Waals surface area contributed by atoms with Gasteiger partial charge in [-0.05, 0) is 18.9 Å². The summed E-state index contributed by atoms with van der Waals surface area (Å²) in [6.07, 6.45) is 7.62. The zero-order valence-corrected chi connectivity index (χ0v) is 6.95. The highest BCUT2D eigenvalue weighted by Gasteiger charge is 2.23. The van der Waals surface area contributed by atoms with Crippen LogP contribution >= 0.6 is 0 Å². The van der Waals surface area contributed by atoms with Crippen LogP contribution in [0, 0.1) is 5.92 Å². The van der Waals surface area contributed by atoms with Crippen LogP contribution in [-0.2, 0) is 0 Å². The molecule has 0 aromatic carbocycles. The fourth-order valence-electron chi connectivity index (χ4n) is 1.83. The Morgan fingerprint density at radius 3 is 2.75 bits per heavy atom. The number of carbonyl (C=O) groups is 1. The van der Waals surface area contributed by atoms with Gasteiger partial charge in [-0.15, -0.1) is 0 Å². The van der Waals surface area contributed by atoms with Crippen LogP contribution in [0.3, 0.4) is 0 Å². The average molecular weight is 164 g/mol. The highest BCUT2D eigenvalue weighted by atomic mass is 16.3. The van der Waals surface area contributed by atoms with E-state index in [1.807, 2.05) is 0 Å². The largest absolute Gasteiger partial charge is 0.472 e. The molecule has 1 heterocycles. The molecule has 2 rings (SSSR count). The van der Waals surface area contributed by atoms with Crippen molar-refractivity contribution < 1.29 is 9.21 Å². The summed E-state index contributed by atoms with van der Waals surface area (Å²) in [5, 5.41) is 0. The number of furan rings is 1. The fourth-order valence-corrected chi connectivity index (χ4v) is 1.83. The summed E-state index contributed by atoms with van der Waals surface area (Å²) in [5.41, 5.74) is 0.738. The molecule has 0 unspecified atom stereocenters. The van der Waals surface area contributed by atoms with E-state index >= 15 is 0 Å². The van der Waals surface area contributed by atoms with Crippen molar-refractivity contribution in [3.05, 3.63) is 24.2 Å². The average Bonchev–Trinajstić information content (AvgIpc) is 2.77. The van der Waals surface area contributed by atoms with Crippen molar-refractivity contribution in [3.63, 3.8) is 0 Å². The standard InChI is InChI=1S/C10H12O2/c11-10(8-3-1-2-4-8)9-5-6-12-7-9/h5-8H,1-4H2. The summed E-state index contributed by atoms with van der Waals surface area (Å²) < 4.78 is 4.87. The van der Waals surface area contributed by atoms with E-state index in [4.69, 9.17) is 4.42 Å². The van der Waals surface area contributed by atoms with Gasteiger partial charge in [0.05, 0.1) is 11.8 Å². The molecule has 1 fully saturated rings. The van der Waals surface area contributed by atoms with E-state index in [-0.39, 0.29) is 11.7 Å². The maximum absolute atomic E-state index is 11.6. The van der Waals surface area contributed by atoms with Gasteiger partial charge < -0.3 is 4.42 Å². The molecule has 1 aliphatic carbocycles. The molecule has 12 heavy (non-hydrogen) atoms. The lowest BCUT2D eigenvalue weighted by Crippen LogP contribution is -2.09. The molecule has 0 radical (unpaired) electrons. The van der Waals surface area contributed by atoms with E-state index in [1.54, 1.807) is 18.6 Å². The summed E-state index contributed by atoms with van der Waals surface area (Å²) in [5.74, 6) is 0.531. The fraction of sp³-hybridized carbons (Fsp3) is 0.500. The SMILES string of the molecule is O=C(c1ccoc1)C1CCCC1. The van der Waals surface area contributed by atoms with Crippen LogP contribution in [0.2, 0.25) is 0 Å². The number of hydrogen-bond donors (Lipinski definition) is 0. The Labute approximate surface area is 71.6 Å². The molecule has 2 nitrogen and oxygen atoms in total. The van der Waals surface area contributed by atoms with Crippen molar-refractivity contribution in [2.24, 2.45) is 5.92 Å². The topological polar surface area (TPSA) is 30.2 Å². The lowest BCUT2D eigenvalue weighted by atomic mass is 9.98. The van der Waals surface area contributed by atoms with Crippen LogP contribution < -0.4 is 0 Å². The van der Waals surface area contributed by atoms with E-state index < -0.39 is 0 Å². The molecule has 2 heteroatoms. The molecule has 1 saturated carbocycles. The lowest BCUT2D eigenvalue weighted by molar-refractivity contribution is 0.0922. The molecule has 1 aromatic rings. The summed E-state index contributed by atoms with van der Waals surface area (Å²) >= 11 is 0. The molecule has 0 amide bonds. The van der Waals surface area contributed by atoms with Gasteiger partial charge in [-0.25, -0.2) is 0 Å². The molecular weight excluding hydrogens is 152 g/mol. The first kappa shape index (κ1) is 7.59. The lowest BCUT2D eigenvalue weighted by Gasteiger charge is -2.03. The van der Waals surface area contributed by atoms with E-state index in [1.165, 1.54) is 12.8 Å². The molecule has 1 aromatic heterocycles. The van der Waals surface area contributed by atoms with Crippen LogP contribution in [0.5, 0.6) is 0 Å². The second-order valence-electron chi connectivity index (χ2n) is 3.36. The number of Topliss-reactive ketones (excluding diaryl/α,β-unsaturated/α-hetero) is 1. The minimum absolute atomic E-state index is 0.265. The van der Waals surface area contributed by atoms with Gasteiger partial charge in [0.1, 0.15) is 6.26 Å². The first-order valence-electron chi connectivity index (χ1n) is 4.44. The first-order valence-corrected chi connectivity index (χ1v) is 4.44. The van der Waals surface area contributed by atoms with Gasteiger partial charge in [-0.1, -0.05) is 12.8 Å². The van der Waals surface area contributed by atoms with Crippen molar-refractivity contribution in [3.8, 4) is 0 Å². The van der Waals surface area contributed by atoms with Crippen LogP contribution in [0.1, 0.15) is 36.0 Å². The van der Waals surface area contributed by atoms with Gasteiger partial charge in [0.15, 0.2) is 5.78 Å². The number of ketones is 1. The zero-order chi connectivity index (χ0) is 8.39. The first-order chi connectivity index (χ1) is 5.88. The Hall–Kier alpha value is -1.05. The van der Waals surface area contributed by atoms with Gasteiger partial charge >= 0.3 is 0 Å². The molecule has 0 spiro atoms. The smallest absolute Gasteiger partial charge is 0.169 e. The third-order valence-electron chi connectivity index (χ3n) is 2.53. The van der Waals surface area contributed by atoms with Crippen molar-refractivity contribution in [1.29, 1.82) is 0 Å². The molecule has 0 aliphatic heterocycles. The van der Waals surface area contributed by atoms with Crippen molar-refractivity contribution in [2.75, 3.05) is 0 Å². The quantitative estimate of drug-likeness (QED) is 0.629. The molecule has 0 N–H and O–H groups in total. The van der Waals surface area contributed by atoms with Gasteiger partial charge in [0, 0.05) is 5.92 Å². The van der Waals surface area contributed by atoms with Gasteiger partial charge in [-0.3, -0.25) is 4.79 Å². The third kappa shape index (κ3) is 1.29. The normalized spacial score (nSPS) is 18.3. The number of carbonyl (C=O) groups excluding carboxylic acids is 1. The Kier molecular flexibility index (Phi) is 1.98. The number of hydrogen-bond acceptors (Lipinski definition) is 2. The monoisotopic (exact) mass is 164 g/mol. The van der Waals surface area contributed by atoms with Gasteiger partial charge in [-0.2, -0.15) is 0 Å². The van der Waals surface area contributed by atoms with E-state index in [0.717, 1.165) is 18.4 Å². The summed E-state index contributed by atoms with van der Waals surface area (Å²) in [4.78, 5) is 11.6. The Morgan fingerprint density at radius 1 is 1.42 bits per heavy atom. The molecule has 0 saturated heterocycles. The van der Waals surface area contributed by atoms with Crippen LogP contribution in [0.15, 0.2) is 23.0 Å². The van der Waals surface area contributed by atoms with E-state index in [0.29, 0.717) is 0 Å². The van der Waals surface area contributed by atoms with Crippen LogP contribution in [-0.4, -0.2) is 5.78 Å². The minimum Gasteiger partial charge on any atom is -0.472 e. The summed E-state index contributed by atoms with van der Waals surface area (Å²) in [7, 11) is 0. The van der Waals surface area contributed by atoms with Crippen molar-refractivity contribution in [2.45, 2.75) is 25.7 Å². The highest BCUT2D eigenvalue weighted by molar-refractivity contribution is 5.97. The number of rotatable bonds is 2. The molecule has 0 atom stereocenters. The maximum Gasteiger partial charge on any atom is 0.169 e. The second-order valence-corrected chi connectivity index (χ2v) is 3.36. The van der Waals surface area contributed by atoms with Crippen LogP contribution in [0.4, 0.5) is 0 Å². The van der Waals surface area contributed by atoms with Crippen LogP contribution in [0.25, 0.3) is 0 Å².